The molecule has 0 aliphatic carbocycles. The van der Waals surface area contributed by atoms with E-state index in [1.807, 2.05) is 60.4 Å². The molecule has 3 fully saturated rings. The summed E-state index contributed by atoms with van der Waals surface area (Å²) in [6.07, 6.45) is 5.06. The molecule has 10 heteroatoms. The number of ether oxygens (including phenoxy) is 1. The summed E-state index contributed by atoms with van der Waals surface area (Å²) in [5.41, 5.74) is 0.922. The minimum atomic E-state index is -3.47. The molecule has 45 heavy (non-hydrogen) atoms. The van der Waals surface area contributed by atoms with Crippen LogP contribution in [-0.4, -0.2) is 68.0 Å². The lowest BCUT2D eigenvalue weighted by Crippen LogP contribution is -2.45. The molecule has 4 aliphatic rings. The number of fused-ring (bicyclic) bond motifs is 2. The number of nitrogens with zero attached hydrogens (tertiary/aromatic N) is 3. The normalized spacial score (nSPS) is 29.0. The van der Waals surface area contributed by atoms with Crippen LogP contribution in [0.4, 0.5) is 15.5 Å². The van der Waals surface area contributed by atoms with Gasteiger partial charge in [-0.25, -0.2) is 0 Å². The van der Waals surface area contributed by atoms with Crippen molar-refractivity contribution in [3.05, 3.63) is 59.7 Å². The Morgan fingerprint density at radius 3 is 2.53 bits per heavy atom. The van der Waals surface area contributed by atoms with E-state index in [1.165, 1.54) is 0 Å². The molecule has 2 aromatic carbocycles. The van der Waals surface area contributed by atoms with Gasteiger partial charge in [-0.2, -0.15) is 0 Å². The zero-order valence-corrected chi connectivity index (χ0v) is 27.7. The number of anilines is 2. The van der Waals surface area contributed by atoms with E-state index in [4.69, 9.17) is 4.74 Å². The minimum Gasteiger partial charge on any atom is -0.394 e. The van der Waals surface area contributed by atoms with Gasteiger partial charge < -0.3 is 28.7 Å². The molecule has 0 saturated carbocycles. The molecule has 5 atom stereocenters. The summed E-state index contributed by atoms with van der Waals surface area (Å²) < 4.78 is 23.2. The zero-order valence-electron chi connectivity index (χ0n) is 26.7. The fraction of sp³-hybridized carbons (Fsp3) is 0.571. The Bertz CT molecular complexity index is 1430. The summed E-state index contributed by atoms with van der Waals surface area (Å²) in [6, 6.07) is 15.2. The highest BCUT2D eigenvalue weighted by atomic mass is 28.4. The second-order valence-electron chi connectivity index (χ2n) is 13.8. The van der Waals surface area contributed by atoms with Gasteiger partial charge in [-0.15, -0.1) is 0 Å². The smallest absolute Gasteiger partial charge is 0.264 e. The monoisotopic (exact) mass is 635 g/mol. The lowest BCUT2D eigenvalue weighted by molar-refractivity contribution is -0.150. The first-order chi connectivity index (χ1) is 21.6. The Balaban J connectivity index is 1.43. The molecule has 242 valence electrons. The summed E-state index contributed by atoms with van der Waals surface area (Å²) in [5, 5.41) is 9.86. The maximum Gasteiger partial charge on any atom is 0.264 e. The van der Waals surface area contributed by atoms with Gasteiger partial charge in [0.05, 0.1) is 37.4 Å². The number of carbonyl (C=O) groups is 3. The van der Waals surface area contributed by atoms with Crippen molar-refractivity contribution in [3.63, 3.8) is 0 Å². The first kappa shape index (κ1) is 31.9. The molecule has 4 heterocycles. The van der Waals surface area contributed by atoms with Crippen molar-refractivity contribution in [3.8, 4) is 0 Å². The van der Waals surface area contributed by atoms with Crippen molar-refractivity contribution in [2.75, 3.05) is 29.5 Å². The third-order valence-corrected chi connectivity index (χ3v) is 13.0. The molecular formula is C35H46FN3O5Si. The standard InChI is InChI=1S/C35H46FN3O5Si/c1-24-33(45(2,3)36)30(21-32(42)38-19-11-14-27(38)23-40)44-35(24)28-20-26(37-18-10-5-4-9-15-31(37)41)16-17-29(28)39(34(35)43)22-25-12-7-6-8-13-25/h6-8,12-13,16-17,20,24,27,30,33,40H,4-5,9-11,14-15,18-19,21-23H2,1-3H3/t24-,27-,30+,33-,35+/m0/s1. The third-order valence-electron chi connectivity index (χ3n) is 10.5. The predicted molar refractivity (Wildman–Crippen MR) is 174 cm³/mol. The van der Waals surface area contributed by atoms with Crippen molar-refractivity contribution in [2.45, 2.75) is 101 Å². The SMILES string of the molecule is C[C@H]1[C@H]([Si](C)(C)F)[C@@H](CC(=O)N2CCC[C@H]2CO)O[C@]12C(=O)N(Cc1ccccc1)c1ccc(N3CCCCCCC3=O)cc12. The Morgan fingerprint density at radius 1 is 1.04 bits per heavy atom. The predicted octanol–water partition coefficient (Wildman–Crippen LogP) is 5.68. The fourth-order valence-electron chi connectivity index (χ4n) is 8.40. The molecule has 0 bridgehead atoms. The van der Waals surface area contributed by atoms with Gasteiger partial charge in [0.1, 0.15) is 0 Å². The number of hydrogen-bond donors (Lipinski definition) is 1. The van der Waals surface area contributed by atoms with Crippen LogP contribution in [0.25, 0.3) is 0 Å². The maximum absolute atomic E-state index is 16.4. The van der Waals surface area contributed by atoms with E-state index >= 15 is 4.11 Å². The number of benzene rings is 2. The third kappa shape index (κ3) is 5.74. The zero-order chi connectivity index (χ0) is 31.9. The van der Waals surface area contributed by atoms with Crippen LogP contribution < -0.4 is 9.80 Å². The number of amides is 3. The van der Waals surface area contributed by atoms with Crippen LogP contribution >= 0.6 is 0 Å². The maximum atomic E-state index is 16.4. The minimum absolute atomic E-state index is 0.0425. The van der Waals surface area contributed by atoms with Crippen LogP contribution in [0.3, 0.4) is 0 Å². The van der Waals surface area contributed by atoms with E-state index in [1.54, 1.807) is 22.9 Å². The van der Waals surface area contributed by atoms with E-state index in [0.29, 0.717) is 37.3 Å². The Morgan fingerprint density at radius 2 is 1.80 bits per heavy atom. The van der Waals surface area contributed by atoms with Gasteiger partial charge >= 0.3 is 0 Å². The van der Waals surface area contributed by atoms with Gasteiger partial charge in [0, 0.05) is 42.2 Å². The molecule has 0 unspecified atom stereocenters. The number of rotatable bonds is 7. The summed E-state index contributed by atoms with van der Waals surface area (Å²) >= 11 is 0. The van der Waals surface area contributed by atoms with Gasteiger partial charge in [-0.1, -0.05) is 50.1 Å². The summed E-state index contributed by atoms with van der Waals surface area (Å²) in [7, 11) is -3.47. The highest BCUT2D eigenvalue weighted by Gasteiger charge is 2.67. The summed E-state index contributed by atoms with van der Waals surface area (Å²) in [4.78, 5) is 46.9. The molecule has 1 N–H and O–H groups in total. The molecule has 0 aromatic heterocycles. The van der Waals surface area contributed by atoms with Crippen molar-refractivity contribution in [1.29, 1.82) is 0 Å². The van der Waals surface area contributed by atoms with Gasteiger partial charge in [-0.3, -0.25) is 14.4 Å². The number of carbonyl (C=O) groups excluding carboxylic acids is 3. The molecule has 1 spiro atoms. The Labute approximate surface area is 266 Å². The van der Waals surface area contributed by atoms with Crippen LogP contribution in [0.1, 0.15) is 69.4 Å². The fourth-order valence-corrected chi connectivity index (χ4v) is 10.9. The molecular weight excluding hydrogens is 589 g/mol. The molecule has 3 amide bonds. The van der Waals surface area contributed by atoms with Gasteiger partial charge in [-0.05, 0) is 62.5 Å². The van der Waals surface area contributed by atoms with E-state index in [-0.39, 0.29) is 36.8 Å². The largest absolute Gasteiger partial charge is 0.394 e. The number of hydrogen-bond acceptors (Lipinski definition) is 5. The van der Waals surface area contributed by atoms with E-state index in [2.05, 4.69) is 0 Å². The van der Waals surface area contributed by atoms with Crippen LogP contribution in [-0.2, 0) is 31.3 Å². The lowest BCUT2D eigenvalue weighted by Gasteiger charge is -2.32. The number of halogens is 1. The first-order valence-corrected chi connectivity index (χ1v) is 19.6. The second-order valence-corrected chi connectivity index (χ2v) is 17.6. The number of aliphatic hydroxyl groups excluding tert-OH is 1. The number of aliphatic hydroxyl groups is 1. The van der Waals surface area contributed by atoms with Crippen molar-refractivity contribution in [2.24, 2.45) is 5.92 Å². The summed E-state index contributed by atoms with van der Waals surface area (Å²) in [6.45, 7) is 6.55. The van der Waals surface area contributed by atoms with Crippen LogP contribution in [0.5, 0.6) is 0 Å². The quantitative estimate of drug-likeness (QED) is 0.313. The van der Waals surface area contributed by atoms with E-state index in [0.717, 1.165) is 49.8 Å². The lowest BCUT2D eigenvalue weighted by atomic mass is 9.82. The molecule has 6 rings (SSSR count). The van der Waals surface area contributed by atoms with Gasteiger partial charge in [0.15, 0.2) is 5.60 Å². The van der Waals surface area contributed by atoms with Gasteiger partial charge in [0.25, 0.3) is 5.91 Å². The summed E-state index contributed by atoms with van der Waals surface area (Å²) in [5.74, 6) is -0.898. The van der Waals surface area contributed by atoms with Crippen molar-refractivity contribution >= 4 is 37.5 Å². The van der Waals surface area contributed by atoms with Crippen molar-refractivity contribution in [1.82, 2.24) is 4.90 Å². The number of likely N-dealkylation sites (tertiary alicyclic amines) is 1. The topological polar surface area (TPSA) is 90.4 Å². The second kappa shape index (κ2) is 12.6. The average Bonchev–Trinajstić information content (AvgIpc) is 3.66. The van der Waals surface area contributed by atoms with E-state index in [9.17, 15) is 19.5 Å². The first-order valence-electron chi connectivity index (χ1n) is 16.6. The highest BCUT2D eigenvalue weighted by molar-refractivity contribution is 6.72. The molecule has 2 aromatic rings. The van der Waals surface area contributed by atoms with Crippen molar-refractivity contribution < 1.29 is 28.3 Å². The van der Waals surface area contributed by atoms with Crippen LogP contribution in [0, 0.1) is 5.92 Å². The molecule has 3 saturated heterocycles. The van der Waals surface area contributed by atoms with Crippen LogP contribution in [0.15, 0.2) is 48.5 Å². The Kier molecular flexibility index (Phi) is 8.93. The van der Waals surface area contributed by atoms with Crippen LogP contribution in [0.2, 0.25) is 18.6 Å². The Hall–Kier alpha value is -3.08. The molecule has 8 nitrogen and oxygen atoms in total. The highest BCUT2D eigenvalue weighted by Crippen LogP contribution is 2.61. The van der Waals surface area contributed by atoms with E-state index < -0.39 is 31.6 Å². The molecule has 0 radical (unpaired) electrons. The average molecular weight is 636 g/mol. The molecule has 4 aliphatic heterocycles. The van der Waals surface area contributed by atoms with Gasteiger partial charge in [0.2, 0.25) is 20.2 Å².